The Labute approximate surface area is 108 Å². The van der Waals surface area contributed by atoms with E-state index in [2.05, 4.69) is 6.92 Å². The number of unbranched alkanes of at least 4 members (excludes halogenated alkanes) is 3. The number of carbonyl (C=O) groups is 1. The van der Waals surface area contributed by atoms with Crippen molar-refractivity contribution in [3.8, 4) is 0 Å². The lowest BCUT2D eigenvalue weighted by Gasteiger charge is -2.05. The predicted molar refractivity (Wildman–Crippen MR) is 70.4 cm³/mol. The molecule has 0 aliphatic heterocycles. The zero-order chi connectivity index (χ0) is 12.5. The van der Waals surface area contributed by atoms with Crippen molar-refractivity contribution in [3.63, 3.8) is 0 Å². The van der Waals surface area contributed by atoms with Gasteiger partial charge in [-0.1, -0.05) is 38.3 Å². The molecule has 0 N–H and O–H groups in total. The number of alkyl halides is 1. The summed E-state index contributed by atoms with van der Waals surface area (Å²) in [5.41, 5.74) is 1.60. The molecule has 17 heavy (non-hydrogen) atoms. The molecule has 0 radical (unpaired) electrons. The van der Waals surface area contributed by atoms with E-state index in [1.54, 1.807) is 12.1 Å². The minimum Gasteiger partial charge on any atom is -0.462 e. The zero-order valence-electron chi connectivity index (χ0n) is 10.2. The molecule has 1 aromatic rings. The van der Waals surface area contributed by atoms with Crippen LogP contribution in [0.1, 0.15) is 48.5 Å². The fourth-order valence-electron chi connectivity index (χ4n) is 1.51. The lowest BCUT2D eigenvalue weighted by atomic mass is 10.1. The minimum atomic E-state index is -0.248. The Morgan fingerprint density at radius 1 is 1.18 bits per heavy atom. The highest BCUT2D eigenvalue weighted by atomic mass is 35.5. The van der Waals surface area contributed by atoms with Gasteiger partial charge in [-0.05, 0) is 24.1 Å². The number of ether oxygens (including phenoxy) is 1. The van der Waals surface area contributed by atoms with E-state index in [-0.39, 0.29) is 5.97 Å². The lowest BCUT2D eigenvalue weighted by Crippen LogP contribution is -2.06. The van der Waals surface area contributed by atoms with Gasteiger partial charge in [-0.2, -0.15) is 0 Å². The SMILES string of the molecule is CCCCCCOC(=O)c1ccc(CCl)cc1. The summed E-state index contributed by atoms with van der Waals surface area (Å²) in [7, 11) is 0. The Morgan fingerprint density at radius 3 is 2.47 bits per heavy atom. The summed E-state index contributed by atoms with van der Waals surface area (Å²) in [5.74, 6) is 0.217. The molecule has 0 aliphatic carbocycles. The van der Waals surface area contributed by atoms with Crippen LogP contribution < -0.4 is 0 Å². The van der Waals surface area contributed by atoms with Gasteiger partial charge in [0.25, 0.3) is 0 Å². The highest BCUT2D eigenvalue weighted by Crippen LogP contribution is 2.08. The fraction of sp³-hybridized carbons (Fsp3) is 0.500. The summed E-state index contributed by atoms with van der Waals surface area (Å²) >= 11 is 5.67. The molecule has 0 spiro atoms. The van der Waals surface area contributed by atoms with Crippen molar-refractivity contribution in [3.05, 3.63) is 35.4 Å². The summed E-state index contributed by atoms with van der Waals surface area (Å²) in [6.45, 7) is 2.67. The van der Waals surface area contributed by atoms with Crippen molar-refractivity contribution < 1.29 is 9.53 Å². The second-order valence-corrected chi connectivity index (χ2v) is 4.29. The molecule has 0 atom stereocenters. The maximum absolute atomic E-state index is 11.6. The maximum Gasteiger partial charge on any atom is 0.338 e. The molecule has 94 valence electrons. The van der Waals surface area contributed by atoms with Gasteiger partial charge >= 0.3 is 5.97 Å². The average Bonchev–Trinajstić information content (AvgIpc) is 2.38. The summed E-state index contributed by atoms with van der Waals surface area (Å²) in [4.78, 5) is 11.6. The van der Waals surface area contributed by atoms with Crippen LogP contribution in [0.4, 0.5) is 0 Å². The van der Waals surface area contributed by atoms with Gasteiger partial charge in [-0.3, -0.25) is 0 Å². The van der Waals surface area contributed by atoms with Crippen LogP contribution in [0.2, 0.25) is 0 Å². The highest BCUT2D eigenvalue weighted by molar-refractivity contribution is 6.17. The number of esters is 1. The van der Waals surface area contributed by atoms with E-state index in [1.165, 1.54) is 12.8 Å². The third-order valence-electron chi connectivity index (χ3n) is 2.57. The fourth-order valence-corrected chi connectivity index (χ4v) is 1.69. The zero-order valence-corrected chi connectivity index (χ0v) is 11.0. The Hall–Kier alpha value is -1.02. The molecule has 1 rings (SSSR count). The standard InChI is InChI=1S/C14H19ClO2/c1-2-3-4-5-10-17-14(16)13-8-6-12(11-15)7-9-13/h6-9H,2-5,10-11H2,1H3. The van der Waals surface area contributed by atoms with Gasteiger partial charge in [0, 0.05) is 5.88 Å². The normalized spacial score (nSPS) is 10.2. The first-order valence-corrected chi connectivity index (χ1v) is 6.63. The Kier molecular flexibility index (Phi) is 6.71. The van der Waals surface area contributed by atoms with Crippen molar-refractivity contribution >= 4 is 17.6 Å². The van der Waals surface area contributed by atoms with Crippen LogP contribution in [0.3, 0.4) is 0 Å². The van der Waals surface area contributed by atoms with E-state index in [9.17, 15) is 4.79 Å². The van der Waals surface area contributed by atoms with Gasteiger partial charge in [0.2, 0.25) is 0 Å². The quantitative estimate of drug-likeness (QED) is 0.415. The Balaban J connectivity index is 2.31. The van der Waals surface area contributed by atoms with Gasteiger partial charge in [0.1, 0.15) is 0 Å². The van der Waals surface area contributed by atoms with Crippen molar-refractivity contribution in [2.75, 3.05) is 6.61 Å². The second kappa shape index (κ2) is 8.13. The molecule has 0 aliphatic rings. The van der Waals surface area contributed by atoms with Crippen molar-refractivity contribution in [1.29, 1.82) is 0 Å². The smallest absolute Gasteiger partial charge is 0.338 e. The van der Waals surface area contributed by atoms with Crippen molar-refractivity contribution in [2.45, 2.75) is 38.5 Å². The van der Waals surface area contributed by atoms with Crippen LogP contribution in [0, 0.1) is 0 Å². The largest absolute Gasteiger partial charge is 0.462 e. The maximum atomic E-state index is 11.6. The van der Waals surface area contributed by atoms with Gasteiger partial charge in [-0.25, -0.2) is 4.79 Å². The molecule has 2 nitrogen and oxygen atoms in total. The Morgan fingerprint density at radius 2 is 1.88 bits per heavy atom. The molecule has 1 aromatic carbocycles. The van der Waals surface area contributed by atoms with Crippen molar-refractivity contribution in [1.82, 2.24) is 0 Å². The summed E-state index contributed by atoms with van der Waals surface area (Å²) in [6, 6.07) is 7.21. The lowest BCUT2D eigenvalue weighted by molar-refractivity contribution is 0.0498. The number of rotatable bonds is 7. The molecule has 0 saturated heterocycles. The number of benzene rings is 1. The van der Waals surface area contributed by atoms with Gasteiger partial charge in [0.15, 0.2) is 0 Å². The molecule has 0 aromatic heterocycles. The third kappa shape index (κ3) is 5.22. The number of hydrogen-bond acceptors (Lipinski definition) is 2. The number of halogens is 1. The van der Waals surface area contributed by atoms with E-state index in [1.807, 2.05) is 12.1 Å². The molecule has 0 heterocycles. The molecular weight excluding hydrogens is 236 g/mol. The van der Waals surface area contributed by atoms with E-state index in [0.29, 0.717) is 18.1 Å². The van der Waals surface area contributed by atoms with Crippen LogP contribution >= 0.6 is 11.6 Å². The molecule has 0 bridgehead atoms. The van der Waals surface area contributed by atoms with Gasteiger partial charge < -0.3 is 4.74 Å². The van der Waals surface area contributed by atoms with Crippen LogP contribution in [0.25, 0.3) is 0 Å². The van der Waals surface area contributed by atoms with E-state index in [0.717, 1.165) is 18.4 Å². The Bertz CT molecular complexity index is 333. The van der Waals surface area contributed by atoms with Gasteiger partial charge in [-0.15, -0.1) is 11.6 Å². The third-order valence-corrected chi connectivity index (χ3v) is 2.88. The molecular formula is C14H19ClO2. The number of hydrogen-bond donors (Lipinski definition) is 0. The predicted octanol–water partition coefficient (Wildman–Crippen LogP) is 4.16. The minimum absolute atomic E-state index is 0.248. The van der Waals surface area contributed by atoms with E-state index < -0.39 is 0 Å². The first-order chi connectivity index (χ1) is 8.27. The summed E-state index contributed by atoms with van der Waals surface area (Å²) < 4.78 is 5.18. The van der Waals surface area contributed by atoms with Crippen LogP contribution in [0.5, 0.6) is 0 Å². The molecule has 0 fully saturated rings. The first kappa shape index (κ1) is 14.0. The molecule has 0 unspecified atom stereocenters. The van der Waals surface area contributed by atoms with E-state index in [4.69, 9.17) is 16.3 Å². The highest BCUT2D eigenvalue weighted by Gasteiger charge is 2.06. The van der Waals surface area contributed by atoms with Crippen LogP contribution in [-0.4, -0.2) is 12.6 Å². The topological polar surface area (TPSA) is 26.3 Å². The molecule has 3 heteroatoms. The monoisotopic (exact) mass is 254 g/mol. The first-order valence-electron chi connectivity index (χ1n) is 6.10. The second-order valence-electron chi connectivity index (χ2n) is 4.03. The van der Waals surface area contributed by atoms with Crippen LogP contribution in [0.15, 0.2) is 24.3 Å². The van der Waals surface area contributed by atoms with E-state index >= 15 is 0 Å². The van der Waals surface area contributed by atoms with Crippen LogP contribution in [-0.2, 0) is 10.6 Å². The molecule has 0 amide bonds. The summed E-state index contributed by atoms with van der Waals surface area (Å²) in [6.07, 6.45) is 4.45. The number of carbonyl (C=O) groups excluding carboxylic acids is 1. The van der Waals surface area contributed by atoms with Gasteiger partial charge in [0.05, 0.1) is 12.2 Å². The van der Waals surface area contributed by atoms with Crippen molar-refractivity contribution in [2.24, 2.45) is 0 Å². The summed E-state index contributed by atoms with van der Waals surface area (Å²) in [5, 5.41) is 0. The molecule has 0 saturated carbocycles. The average molecular weight is 255 g/mol.